The molecular formula is C15H16BrNO3S. The van der Waals surface area contributed by atoms with Gasteiger partial charge >= 0.3 is 5.97 Å². The maximum absolute atomic E-state index is 12.3. The van der Waals surface area contributed by atoms with Crippen molar-refractivity contribution < 1.29 is 14.7 Å². The summed E-state index contributed by atoms with van der Waals surface area (Å²) in [6.07, 6.45) is 3.15. The first-order valence-corrected chi connectivity index (χ1v) is 8.35. The van der Waals surface area contributed by atoms with Crippen LogP contribution >= 0.6 is 27.7 Å². The maximum Gasteiger partial charge on any atom is 0.327 e. The number of nitrogens with zero attached hydrogens (tertiary/aromatic N) is 1. The van der Waals surface area contributed by atoms with Crippen LogP contribution in [0.5, 0.6) is 0 Å². The topological polar surface area (TPSA) is 57.6 Å². The van der Waals surface area contributed by atoms with Gasteiger partial charge in [-0.3, -0.25) is 4.79 Å². The fourth-order valence-electron chi connectivity index (χ4n) is 2.18. The van der Waals surface area contributed by atoms with Gasteiger partial charge in [-0.2, -0.15) is 0 Å². The second-order valence-corrected chi connectivity index (χ2v) is 7.09. The quantitative estimate of drug-likeness (QED) is 0.831. The number of amides is 1. The molecular weight excluding hydrogens is 354 g/mol. The summed E-state index contributed by atoms with van der Waals surface area (Å²) in [7, 11) is 0. The highest BCUT2D eigenvalue weighted by atomic mass is 79.9. The molecule has 1 fully saturated rings. The minimum atomic E-state index is -0.954. The van der Waals surface area contributed by atoms with Crippen LogP contribution in [0.1, 0.15) is 18.1 Å². The number of halogens is 1. The van der Waals surface area contributed by atoms with Crippen molar-refractivity contribution in [2.45, 2.75) is 25.3 Å². The molecule has 0 saturated carbocycles. The molecule has 1 aliphatic heterocycles. The van der Waals surface area contributed by atoms with Crippen LogP contribution in [0.3, 0.4) is 0 Å². The number of hydrogen-bond acceptors (Lipinski definition) is 3. The Morgan fingerprint density at radius 1 is 1.48 bits per heavy atom. The SMILES string of the molecule is Cc1ccc(C=CC(=O)N2C(C)SCC2C(=O)O)c(Br)c1. The van der Waals surface area contributed by atoms with Gasteiger partial charge in [0.15, 0.2) is 0 Å². The zero-order chi connectivity index (χ0) is 15.6. The summed E-state index contributed by atoms with van der Waals surface area (Å²) in [4.78, 5) is 24.9. The average Bonchev–Trinajstić information content (AvgIpc) is 2.79. The third-order valence-electron chi connectivity index (χ3n) is 3.32. The van der Waals surface area contributed by atoms with Crippen LogP contribution in [0, 0.1) is 6.92 Å². The number of carbonyl (C=O) groups is 2. The number of carbonyl (C=O) groups excluding carboxylic acids is 1. The Balaban J connectivity index is 2.16. The lowest BCUT2D eigenvalue weighted by Gasteiger charge is -2.23. The molecule has 0 spiro atoms. The van der Waals surface area contributed by atoms with Gasteiger partial charge in [0, 0.05) is 16.3 Å². The molecule has 1 aromatic carbocycles. The van der Waals surface area contributed by atoms with Gasteiger partial charge in [0.25, 0.3) is 0 Å². The first-order valence-electron chi connectivity index (χ1n) is 6.51. The first kappa shape index (κ1) is 16.1. The van der Waals surface area contributed by atoms with Crippen LogP contribution in [0.2, 0.25) is 0 Å². The molecule has 6 heteroatoms. The van der Waals surface area contributed by atoms with Crippen molar-refractivity contribution in [3.8, 4) is 0 Å². The van der Waals surface area contributed by atoms with E-state index >= 15 is 0 Å². The van der Waals surface area contributed by atoms with Crippen molar-refractivity contribution in [3.63, 3.8) is 0 Å². The van der Waals surface area contributed by atoms with Gasteiger partial charge < -0.3 is 10.0 Å². The number of hydrogen-bond donors (Lipinski definition) is 1. The number of rotatable bonds is 3. The zero-order valence-corrected chi connectivity index (χ0v) is 14.1. The van der Waals surface area contributed by atoms with E-state index in [1.165, 1.54) is 22.7 Å². The summed E-state index contributed by atoms with van der Waals surface area (Å²) >= 11 is 4.93. The lowest BCUT2D eigenvalue weighted by atomic mass is 10.1. The summed E-state index contributed by atoms with van der Waals surface area (Å²) in [5.74, 6) is -0.790. The van der Waals surface area contributed by atoms with E-state index in [4.69, 9.17) is 0 Å². The van der Waals surface area contributed by atoms with Crippen LogP contribution in [0.25, 0.3) is 6.08 Å². The first-order chi connectivity index (χ1) is 9.90. The zero-order valence-electron chi connectivity index (χ0n) is 11.7. The van der Waals surface area contributed by atoms with Crippen molar-refractivity contribution in [2.24, 2.45) is 0 Å². The van der Waals surface area contributed by atoms with Gasteiger partial charge in [-0.05, 0) is 37.1 Å². The largest absolute Gasteiger partial charge is 0.480 e. The van der Waals surface area contributed by atoms with Crippen LogP contribution in [-0.4, -0.2) is 39.1 Å². The second-order valence-electron chi connectivity index (χ2n) is 4.89. The third-order valence-corrected chi connectivity index (χ3v) is 5.23. The summed E-state index contributed by atoms with van der Waals surface area (Å²) in [5, 5.41) is 9.05. The number of aryl methyl sites for hydroxylation is 1. The molecule has 0 bridgehead atoms. The number of thioether (sulfide) groups is 1. The summed E-state index contributed by atoms with van der Waals surface area (Å²) < 4.78 is 0.908. The third kappa shape index (κ3) is 3.68. The average molecular weight is 370 g/mol. The van der Waals surface area contributed by atoms with Crippen molar-refractivity contribution in [3.05, 3.63) is 39.9 Å². The van der Waals surface area contributed by atoms with E-state index in [1.807, 2.05) is 32.0 Å². The van der Waals surface area contributed by atoms with E-state index < -0.39 is 12.0 Å². The monoisotopic (exact) mass is 369 g/mol. The van der Waals surface area contributed by atoms with E-state index in [2.05, 4.69) is 15.9 Å². The highest BCUT2D eigenvalue weighted by molar-refractivity contribution is 9.10. The molecule has 112 valence electrons. The predicted octanol–water partition coefficient (Wildman–Crippen LogP) is 3.15. The highest BCUT2D eigenvalue weighted by Gasteiger charge is 2.38. The molecule has 1 heterocycles. The van der Waals surface area contributed by atoms with Crippen molar-refractivity contribution in [1.82, 2.24) is 4.90 Å². The summed E-state index contributed by atoms with van der Waals surface area (Å²) in [6.45, 7) is 3.84. The van der Waals surface area contributed by atoms with Crippen LogP contribution in [-0.2, 0) is 9.59 Å². The number of carboxylic acid groups (broad SMARTS) is 1. The van der Waals surface area contributed by atoms with Crippen LogP contribution in [0.4, 0.5) is 0 Å². The highest BCUT2D eigenvalue weighted by Crippen LogP contribution is 2.29. The van der Waals surface area contributed by atoms with Gasteiger partial charge in [0.2, 0.25) is 5.91 Å². The molecule has 1 saturated heterocycles. The molecule has 1 amide bonds. The number of carboxylic acids is 1. The molecule has 2 unspecified atom stereocenters. The molecule has 0 aliphatic carbocycles. The van der Waals surface area contributed by atoms with E-state index in [-0.39, 0.29) is 11.3 Å². The van der Waals surface area contributed by atoms with Gasteiger partial charge in [0.1, 0.15) is 6.04 Å². The molecule has 2 rings (SSSR count). The molecule has 0 radical (unpaired) electrons. The standard InChI is InChI=1S/C15H16BrNO3S/c1-9-3-4-11(12(16)7-9)5-6-14(18)17-10(2)21-8-13(17)15(19)20/h3-7,10,13H,8H2,1-2H3,(H,19,20). The van der Waals surface area contributed by atoms with E-state index in [0.29, 0.717) is 5.75 Å². The van der Waals surface area contributed by atoms with Crippen molar-refractivity contribution in [1.29, 1.82) is 0 Å². The fraction of sp³-hybridized carbons (Fsp3) is 0.333. The Kier molecular flexibility index (Phi) is 5.11. The van der Waals surface area contributed by atoms with Crippen molar-refractivity contribution in [2.75, 3.05) is 5.75 Å². The summed E-state index contributed by atoms with van der Waals surface area (Å²) in [6, 6.07) is 5.10. The molecule has 4 nitrogen and oxygen atoms in total. The number of aliphatic carboxylic acids is 1. The fourth-order valence-corrected chi connectivity index (χ4v) is 3.98. The minimum Gasteiger partial charge on any atom is -0.480 e. The molecule has 1 aliphatic rings. The number of benzene rings is 1. The normalized spacial score (nSPS) is 22.0. The van der Waals surface area contributed by atoms with E-state index in [0.717, 1.165) is 15.6 Å². The molecule has 0 aromatic heterocycles. The smallest absolute Gasteiger partial charge is 0.327 e. The molecule has 1 N–H and O–H groups in total. The van der Waals surface area contributed by atoms with Crippen molar-refractivity contribution >= 4 is 45.6 Å². The van der Waals surface area contributed by atoms with Gasteiger partial charge in [-0.25, -0.2) is 4.79 Å². The Hall–Kier alpha value is -1.27. The molecule has 21 heavy (non-hydrogen) atoms. The molecule has 1 aromatic rings. The Labute approximate surface area is 136 Å². The Morgan fingerprint density at radius 2 is 2.19 bits per heavy atom. The summed E-state index contributed by atoms with van der Waals surface area (Å²) in [5.41, 5.74) is 2.01. The van der Waals surface area contributed by atoms with Crippen LogP contribution < -0.4 is 0 Å². The lowest BCUT2D eigenvalue weighted by molar-refractivity contribution is -0.147. The minimum absolute atomic E-state index is 0.121. The predicted molar refractivity (Wildman–Crippen MR) is 88.1 cm³/mol. The Morgan fingerprint density at radius 3 is 2.81 bits per heavy atom. The lowest BCUT2D eigenvalue weighted by Crippen LogP contribution is -2.43. The van der Waals surface area contributed by atoms with Gasteiger partial charge in [-0.15, -0.1) is 11.8 Å². The second kappa shape index (κ2) is 6.66. The maximum atomic E-state index is 12.3. The van der Waals surface area contributed by atoms with E-state index in [9.17, 15) is 14.7 Å². The van der Waals surface area contributed by atoms with E-state index in [1.54, 1.807) is 6.08 Å². The van der Waals surface area contributed by atoms with Gasteiger partial charge in [0.05, 0.1) is 5.37 Å². The van der Waals surface area contributed by atoms with Gasteiger partial charge in [-0.1, -0.05) is 28.1 Å². The Bertz CT molecular complexity index is 603. The molecule has 2 atom stereocenters. The van der Waals surface area contributed by atoms with Crippen LogP contribution in [0.15, 0.2) is 28.7 Å².